The molecule has 0 saturated carbocycles. The first-order valence-electron chi connectivity index (χ1n) is 7.83. The molecule has 2 aromatic carbocycles. The molecule has 0 saturated heterocycles. The highest BCUT2D eigenvalue weighted by molar-refractivity contribution is 9.10. The highest BCUT2D eigenvalue weighted by Crippen LogP contribution is 2.19. The molecular formula is C19H18BrN3O2. The molecule has 0 bridgehead atoms. The molecule has 0 spiro atoms. The Morgan fingerprint density at radius 2 is 2.04 bits per heavy atom. The fraction of sp³-hybridized carbons (Fsp3) is 0.158. The van der Waals surface area contributed by atoms with Crippen molar-refractivity contribution in [3.63, 3.8) is 0 Å². The molecule has 0 aliphatic carbocycles. The van der Waals surface area contributed by atoms with Gasteiger partial charge in [0, 0.05) is 16.1 Å². The van der Waals surface area contributed by atoms with Gasteiger partial charge < -0.3 is 10.1 Å². The van der Waals surface area contributed by atoms with Crippen molar-refractivity contribution in [3.05, 3.63) is 76.4 Å². The number of ether oxygens (including phenoxy) is 1. The Bertz CT molecular complexity index is 876. The van der Waals surface area contributed by atoms with E-state index >= 15 is 0 Å². The van der Waals surface area contributed by atoms with Crippen molar-refractivity contribution in [2.75, 3.05) is 12.4 Å². The molecule has 1 heterocycles. The summed E-state index contributed by atoms with van der Waals surface area (Å²) in [5.74, 6) is 1.26. The van der Waals surface area contributed by atoms with Gasteiger partial charge in [-0.25, -0.2) is 4.68 Å². The van der Waals surface area contributed by atoms with Crippen molar-refractivity contribution >= 4 is 27.7 Å². The molecule has 0 aliphatic rings. The molecule has 1 amide bonds. The van der Waals surface area contributed by atoms with E-state index < -0.39 is 0 Å². The minimum absolute atomic E-state index is 0.111. The van der Waals surface area contributed by atoms with Gasteiger partial charge >= 0.3 is 0 Å². The van der Waals surface area contributed by atoms with Gasteiger partial charge in [-0.3, -0.25) is 4.79 Å². The third-order valence-electron chi connectivity index (χ3n) is 3.75. The second-order valence-corrected chi connectivity index (χ2v) is 6.46. The van der Waals surface area contributed by atoms with Crippen LogP contribution in [0.15, 0.2) is 65.3 Å². The van der Waals surface area contributed by atoms with Crippen LogP contribution in [0, 0.1) is 0 Å². The molecule has 6 heteroatoms. The number of nitrogens with one attached hydrogen (secondary N) is 1. The summed E-state index contributed by atoms with van der Waals surface area (Å²) in [6.45, 7) is 0.580. The van der Waals surface area contributed by atoms with E-state index in [0.29, 0.717) is 18.1 Å². The molecule has 3 aromatic rings. The maximum absolute atomic E-state index is 12.4. The highest BCUT2D eigenvalue weighted by Gasteiger charge is 2.11. The van der Waals surface area contributed by atoms with E-state index in [-0.39, 0.29) is 12.3 Å². The molecule has 0 fully saturated rings. The zero-order valence-electron chi connectivity index (χ0n) is 13.8. The van der Waals surface area contributed by atoms with Crippen LogP contribution in [-0.4, -0.2) is 22.8 Å². The third-order valence-corrected chi connectivity index (χ3v) is 4.24. The van der Waals surface area contributed by atoms with Crippen LogP contribution < -0.4 is 10.1 Å². The predicted molar refractivity (Wildman–Crippen MR) is 101 cm³/mol. The van der Waals surface area contributed by atoms with Gasteiger partial charge in [-0.05, 0) is 23.8 Å². The zero-order chi connectivity index (χ0) is 17.6. The van der Waals surface area contributed by atoms with Gasteiger partial charge in [-0.2, -0.15) is 5.10 Å². The van der Waals surface area contributed by atoms with Gasteiger partial charge in [-0.1, -0.05) is 46.3 Å². The number of benzene rings is 2. The fourth-order valence-corrected chi connectivity index (χ4v) is 3.03. The minimum atomic E-state index is -0.111. The Morgan fingerprint density at radius 3 is 2.84 bits per heavy atom. The molecule has 0 atom stereocenters. The van der Waals surface area contributed by atoms with E-state index in [1.54, 1.807) is 24.1 Å². The number of hydrogen-bond donors (Lipinski definition) is 1. The number of hydrogen-bond acceptors (Lipinski definition) is 3. The van der Waals surface area contributed by atoms with Crippen LogP contribution in [0.3, 0.4) is 0 Å². The summed E-state index contributed by atoms with van der Waals surface area (Å²) in [7, 11) is 1.60. The van der Waals surface area contributed by atoms with Crippen molar-refractivity contribution in [1.29, 1.82) is 0 Å². The van der Waals surface area contributed by atoms with E-state index in [4.69, 9.17) is 4.74 Å². The van der Waals surface area contributed by atoms with Crippen molar-refractivity contribution in [2.24, 2.45) is 0 Å². The number of carbonyl (C=O) groups excluding carboxylic acids is 1. The minimum Gasteiger partial charge on any atom is -0.496 e. The molecular weight excluding hydrogens is 382 g/mol. The summed E-state index contributed by atoms with van der Waals surface area (Å²) < 4.78 is 8.07. The lowest BCUT2D eigenvalue weighted by molar-refractivity contribution is -0.115. The van der Waals surface area contributed by atoms with Crippen LogP contribution >= 0.6 is 15.9 Å². The number of halogens is 1. The summed E-state index contributed by atoms with van der Waals surface area (Å²) in [5.41, 5.74) is 1.94. The standard InChI is InChI=1S/C19H18BrN3O2/c1-25-17-8-3-2-6-15(17)12-19(24)22-18-9-10-21-23(18)13-14-5-4-7-16(20)11-14/h2-11H,12-13H2,1H3,(H,22,24). The van der Waals surface area contributed by atoms with Gasteiger partial charge in [-0.15, -0.1) is 0 Å². The van der Waals surface area contributed by atoms with E-state index in [9.17, 15) is 4.79 Å². The topological polar surface area (TPSA) is 56.1 Å². The molecule has 5 nitrogen and oxygen atoms in total. The quantitative estimate of drug-likeness (QED) is 0.683. The second kappa shape index (κ2) is 7.98. The summed E-state index contributed by atoms with van der Waals surface area (Å²) in [6, 6.07) is 17.3. The normalized spacial score (nSPS) is 10.5. The van der Waals surface area contributed by atoms with Crippen LogP contribution in [0.2, 0.25) is 0 Å². The molecule has 0 radical (unpaired) electrons. The smallest absolute Gasteiger partial charge is 0.230 e. The van der Waals surface area contributed by atoms with Crippen molar-refractivity contribution in [2.45, 2.75) is 13.0 Å². The number of methoxy groups -OCH3 is 1. The number of para-hydroxylation sites is 1. The monoisotopic (exact) mass is 399 g/mol. The summed E-state index contributed by atoms with van der Waals surface area (Å²) in [6.07, 6.45) is 1.92. The Labute approximate surface area is 154 Å². The zero-order valence-corrected chi connectivity index (χ0v) is 15.4. The molecule has 0 aliphatic heterocycles. The Hall–Kier alpha value is -2.60. The molecule has 128 valence electrons. The second-order valence-electron chi connectivity index (χ2n) is 5.54. The lowest BCUT2D eigenvalue weighted by atomic mass is 10.1. The number of nitrogens with zero attached hydrogens (tertiary/aromatic N) is 2. The summed E-state index contributed by atoms with van der Waals surface area (Å²) in [5, 5.41) is 7.22. The average Bonchev–Trinajstić information content (AvgIpc) is 3.02. The van der Waals surface area contributed by atoms with E-state index in [1.165, 1.54) is 0 Å². The number of rotatable bonds is 6. The Kier molecular flexibility index (Phi) is 5.50. The fourth-order valence-electron chi connectivity index (χ4n) is 2.58. The van der Waals surface area contributed by atoms with Crippen LogP contribution in [0.5, 0.6) is 5.75 Å². The lowest BCUT2D eigenvalue weighted by Crippen LogP contribution is -2.18. The van der Waals surface area contributed by atoms with Crippen LogP contribution in [0.25, 0.3) is 0 Å². The maximum Gasteiger partial charge on any atom is 0.230 e. The average molecular weight is 400 g/mol. The highest BCUT2D eigenvalue weighted by atomic mass is 79.9. The largest absolute Gasteiger partial charge is 0.496 e. The van der Waals surface area contributed by atoms with E-state index in [0.717, 1.165) is 15.6 Å². The van der Waals surface area contributed by atoms with E-state index in [1.807, 2.05) is 48.5 Å². The third kappa shape index (κ3) is 4.48. The maximum atomic E-state index is 12.4. The number of carbonyl (C=O) groups is 1. The predicted octanol–water partition coefficient (Wildman–Crippen LogP) is 3.88. The van der Waals surface area contributed by atoms with Crippen molar-refractivity contribution in [3.8, 4) is 5.75 Å². The van der Waals surface area contributed by atoms with Gasteiger partial charge in [0.1, 0.15) is 11.6 Å². The van der Waals surface area contributed by atoms with Gasteiger partial charge in [0.25, 0.3) is 0 Å². The van der Waals surface area contributed by atoms with Crippen LogP contribution in [-0.2, 0) is 17.8 Å². The van der Waals surface area contributed by atoms with Gasteiger partial charge in [0.15, 0.2) is 0 Å². The molecule has 0 unspecified atom stereocenters. The molecule has 25 heavy (non-hydrogen) atoms. The molecule has 1 N–H and O–H groups in total. The van der Waals surface area contributed by atoms with Crippen LogP contribution in [0.1, 0.15) is 11.1 Å². The first-order chi connectivity index (χ1) is 12.2. The summed E-state index contributed by atoms with van der Waals surface area (Å²) >= 11 is 3.46. The van der Waals surface area contributed by atoms with Gasteiger partial charge in [0.2, 0.25) is 5.91 Å². The molecule has 3 rings (SSSR count). The Morgan fingerprint density at radius 1 is 1.20 bits per heavy atom. The van der Waals surface area contributed by atoms with Crippen molar-refractivity contribution < 1.29 is 9.53 Å². The number of aromatic nitrogens is 2. The number of anilines is 1. The lowest BCUT2D eigenvalue weighted by Gasteiger charge is -2.11. The molecule has 1 aromatic heterocycles. The van der Waals surface area contributed by atoms with Crippen molar-refractivity contribution in [1.82, 2.24) is 9.78 Å². The van der Waals surface area contributed by atoms with E-state index in [2.05, 4.69) is 26.3 Å². The first-order valence-corrected chi connectivity index (χ1v) is 8.63. The first kappa shape index (κ1) is 17.2. The Balaban J connectivity index is 1.69. The summed E-state index contributed by atoms with van der Waals surface area (Å²) in [4.78, 5) is 12.4. The SMILES string of the molecule is COc1ccccc1CC(=O)Nc1ccnn1Cc1cccc(Br)c1. The number of amides is 1. The van der Waals surface area contributed by atoms with Crippen LogP contribution in [0.4, 0.5) is 5.82 Å². The van der Waals surface area contributed by atoms with Gasteiger partial charge in [0.05, 0.1) is 26.3 Å².